The predicted octanol–water partition coefficient (Wildman–Crippen LogP) is 3.23. The van der Waals surface area contributed by atoms with Crippen molar-refractivity contribution in [3.63, 3.8) is 0 Å². The first-order chi connectivity index (χ1) is 7.22. The van der Waals surface area contributed by atoms with E-state index in [0.29, 0.717) is 6.61 Å². The topological polar surface area (TPSA) is 35.5 Å². The lowest BCUT2D eigenvalue weighted by Crippen LogP contribution is -2.18. The number of hydrogen-bond donors (Lipinski definition) is 0. The minimum absolute atomic E-state index is 0.0983. The summed E-state index contributed by atoms with van der Waals surface area (Å²) in [7, 11) is -1.56. The first-order valence-electron chi connectivity index (χ1n) is 4.98. The summed E-state index contributed by atoms with van der Waals surface area (Å²) in [6.45, 7) is 3.98. The molecular formula is C11H16O3P+. The summed E-state index contributed by atoms with van der Waals surface area (Å²) in [6, 6.07) is 9.54. The van der Waals surface area contributed by atoms with Crippen LogP contribution in [0.1, 0.15) is 13.3 Å². The average molecular weight is 227 g/mol. The SMILES string of the molecule is CC[C@H](COc1ccccc1)O[P+](C)=O. The minimum Gasteiger partial charge on any atom is -0.491 e. The van der Waals surface area contributed by atoms with Gasteiger partial charge in [-0.05, 0) is 23.1 Å². The van der Waals surface area contributed by atoms with Crippen LogP contribution in [0.2, 0.25) is 0 Å². The lowest BCUT2D eigenvalue weighted by Gasteiger charge is -2.10. The van der Waals surface area contributed by atoms with Crippen molar-refractivity contribution in [2.45, 2.75) is 19.4 Å². The Labute approximate surface area is 91.3 Å². The summed E-state index contributed by atoms with van der Waals surface area (Å²) in [5.41, 5.74) is 0. The molecule has 1 aromatic rings. The lowest BCUT2D eigenvalue weighted by molar-refractivity contribution is 0.134. The molecule has 0 saturated heterocycles. The highest BCUT2D eigenvalue weighted by atomic mass is 31.1. The molecule has 0 fully saturated rings. The molecule has 15 heavy (non-hydrogen) atoms. The molecule has 0 aliphatic rings. The molecule has 0 aliphatic heterocycles. The van der Waals surface area contributed by atoms with Crippen LogP contribution < -0.4 is 4.74 Å². The molecule has 0 heterocycles. The molecule has 0 radical (unpaired) electrons. The Kier molecular flexibility index (Phi) is 5.30. The van der Waals surface area contributed by atoms with E-state index in [-0.39, 0.29) is 6.10 Å². The number of ether oxygens (including phenoxy) is 1. The second kappa shape index (κ2) is 6.54. The molecule has 0 spiro atoms. The van der Waals surface area contributed by atoms with Crippen LogP contribution in [0, 0.1) is 0 Å². The monoisotopic (exact) mass is 227 g/mol. The van der Waals surface area contributed by atoms with E-state index in [1.54, 1.807) is 6.66 Å². The van der Waals surface area contributed by atoms with Crippen LogP contribution in [0.4, 0.5) is 0 Å². The van der Waals surface area contributed by atoms with Crippen molar-refractivity contribution >= 4 is 8.03 Å². The zero-order valence-electron chi connectivity index (χ0n) is 9.05. The molecule has 0 aromatic heterocycles. The van der Waals surface area contributed by atoms with Crippen molar-refractivity contribution in [1.29, 1.82) is 0 Å². The second-order valence-electron chi connectivity index (χ2n) is 3.20. The standard InChI is InChI=1S/C11H16O3P/c1-3-10(14-15(2)12)9-13-11-7-5-4-6-8-11/h4-8,10H,3,9H2,1-2H3/q+1/t10-/m1/s1. The smallest absolute Gasteiger partial charge is 0.491 e. The summed E-state index contributed by atoms with van der Waals surface area (Å²) in [6.07, 6.45) is 0.695. The molecule has 0 N–H and O–H groups in total. The van der Waals surface area contributed by atoms with E-state index in [0.717, 1.165) is 12.2 Å². The van der Waals surface area contributed by atoms with Crippen LogP contribution in [0.5, 0.6) is 5.75 Å². The minimum atomic E-state index is -1.56. The highest BCUT2D eigenvalue weighted by Gasteiger charge is 2.18. The van der Waals surface area contributed by atoms with Gasteiger partial charge in [0.25, 0.3) is 0 Å². The van der Waals surface area contributed by atoms with Gasteiger partial charge in [0.05, 0.1) is 0 Å². The molecule has 3 nitrogen and oxygen atoms in total. The molecular weight excluding hydrogens is 211 g/mol. The van der Waals surface area contributed by atoms with E-state index in [9.17, 15) is 4.57 Å². The van der Waals surface area contributed by atoms with Gasteiger partial charge < -0.3 is 4.74 Å². The maximum absolute atomic E-state index is 10.9. The van der Waals surface area contributed by atoms with Gasteiger partial charge in [0, 0.05) is 0 Å². The molecule has 1 rings (SSSR count). The third-order valence-electron chi connectivity index (χ3n) is 1.93. The quantitative estimate of drug-likeness (QED) is 0.700. The Balaban J connectivity index is 2.37. The fourth-order valence-electron chi connectivity index (χ4n) is 1.14. The zero-order chi connectivity index (χ0) is 11.1. The van der Waals surface area contributed by atoms with Crippen LogP contribution in [0.25, 0.3) is 0 Å². The fourth-order valence-corrected chi connectivity index (χ4v) is 1.77. The first kappa shape index (κ1) is 12.2. The molecule has 0 saturated carbocycles. The van der Waals surface area contributed by atoms with Gasteiger partial charge in [-0.3, -0.25) is 0 Å². The number of rotatable bonds is 6. The maximum Gasteiger partial charge on any atom is 0.505 e. The summed E-state index contributed by atoms with van der Waals surface area (Å²) in [5, 5.41) is 0. The summed E-state index contributed by atoms with van der Waals surface area (Å²) < 4.78 is 21.6. The number of hydrogen-bond acceptors (Lipinski definition) is 3. The van der Waals surface area contributed by atoms with Crippen LogP contribution in [-0.2, 0) is 9.09 Å². The summed E-state index contributed by atoms with van der Waals surface area (Å²) in [4.78, 5) is 0. The largest absolute Gasteiger partial charge is 0.505 e. The van der Waals surface area contributed by atoms with Crippen LogP contribution in [-0.4, -0.2) is 19.4 Å². The predicted molar refractivity (Wildman–Crippen MR) is 60.6 cm³/mol. The van der Waals surface area contributed by atoms with Gasteiger partial charge in [-0.2, -0.15) is 0 Å². The molecule has 1 unspecified atom stereocenters. The second-order valence-corrected chi connectivity index (χ2v) is 4.29. The summed E-state index contributed by atoms with van der Waals surface area (Å²) in [5.74, 6) is 0.811. The highest BCUT2D eigenvalue weighted by Crippen LogP contribution is 2.21. The van der Waals surface area contributed by atoms with E-state index < -0.39 is 8.03 Å². The van der Waals surface area contributed by atoms with Crippen molar-refractivity contribution in [2.75, 3.05) is 13.3 Å². The Hall–Kier alpha value is -0.920. The molecule has 0 aliphatic carbocycles. The molecule has 0 amide bonds. The normalized spacial score (nSPS) is 13.3. The van der Waals surface area contributed by atoms with E-state index in [1.807, 2.05) is 37.3 Å². The lowest BCUT2D eigenvalue weighted by atomic mass is 10.3. The van der Waals surface area contributed by atoms with Gasteiger partial charge in [0.15, 0.2) is 6.66 Å². The van der Waals surface area contributed by atoms with Gasteiger partial charge in [0.2, 0.25) is 0 Å². The first-order valence-corrected chi connectivity index (χ1v) is 6.60. The highest BCUT2D eigenvalue weighted by molar-refractivity contribution is 7.38. The van der Waals surface area contributed by atoms with Gasteiger partial charge in [-0.15, -0.1) is 4.52 Å². The van der Waals surface area contributed by atoms with Gasteiger partial charge in [-0.1, -0.05) is 25.1 Å². The van der Waals surface area contributed by atoms with Crippen LogP contribution in [0.15, 0.2) is 30.3 Å². The van der Waals surface area contributed by atoms with Gasteiger partial charge in [-0.25, -0.2) is 0 Å². The van der Waals surface area contributed by atoms with E-state index in [2.05, 4.69) is 0 Å². The van der Waals surface area contributed by atoms with Crippen molar-refractivity contribution in [1.82, 2.24) is 0 Å². The molecule has 0 bridgehead atoms. The molecule has 82 valence electrons. The molecule has 4 heteroatoms. The zero-order valence-corrected chi connectivity index (χ0v) is 9.94. The Morgan fingerprint density at radius 3 is 2.53 bits per heavy atom. The number of benzene rings is 1. The van der Waals surface area contributed by atoms with Crippen LogP contribution >= 0.6 is 8.03 Å². The van der Waals surface area contributed by atoms with Crippen LogP contribution in [0.3, 0.4) is 0 Å². The maximum atomic E-state index is 10.9. The Morgan fingerprint density at radius 1 is 1.33 bits per heavy atom. The van der Waals surface area contributed by atoms with Crippen molar-refractivity contribution < 1.29 is 13.8 Å². The Bertz CT molecular complexity index is 300. The fraction of sp³-hybridized carbons (Fsp3) is 0.455. The molecule has 1 aromatic carbocycles. The average Bonchev–Trinajstić information content (AvgIpc) is 2.25. The third kappa shape index (κ3) is 4.91. The van der Waals surface area contributed by atoms with E-state index in [1.165, 1.54) is 0 Å². The Morgan fingerprint density at radius 2 is 2.00 bits per heavy atom. The van der Waals surface area contributed by atoms with E-state index in [4.69, 9.17) is 9.26 Å². The third-order valence-corrected chi connectivity index (χ3v) is 2.53. The van der Waals surface area contributed by atoms with Crippen molar-refractivity contribution in [3.8, 4) is 5.75 Å². The van der Waals surface area contributed by atoms with Crippen molar-refractivity contribution in [2.24, 2.45) is 0 Å². The van der Waals surface area contributed by atoms with Crippen molar-refractivity contribution in [3.05, 3.63) is 30.3 Å². The number of para-hydroxylation sites is 1. The van der Waals surface area contributed by atoms with Gasteiger partial charge in [0.1, 0.15) is 18.5 Å². The van der Waals surface area contributed by atoms with E-state index >= 15 is 0 Å². The van der Waals surface area contributed by atoms with Gasteiger partial charge >= 0.3 is 8.03 Å². The summed E-state index contributed by atoms with van der Waals surface area (Å²) >= 11 is 0. The molecule has 2 atom stereocenters.